The summed E-state index contributed by atoms with van der Waals surface area (Å²) in [4.78, 5) is 22.6. The van der Waals surface area contributed by atoms with E-state index in [1.54, 1.807) is 0 Å². The minimum absolute atomic E-state index is 0.0926. The highest BCUT2D eigenvalue weighted by atomic mass is 31.2. The molecule has 0 aromatic carbocycles. The molecule has 0 radical (unpaired) electrons. The Bertz CT molecular complexity index is 920. The quantitative estimate of drug-likeness (QED) is 0.0269. The van der Waals surface area contributed by atoms with E-state index in [2.05, 4.69) is 26.0 Å². The molecule has 2 atom stereocenters. The maximum atomic E-state index is 12.6. The number of rotatable bonds is 50. The van der Waals surface area contributed by atoms with Crippen molar-refractivity contribution in [2.75, 3.05) is 33.0 Å². The molecule has 2 unspecified atom stereocenters. The van der Waals surface area contributed by atoms with Crippen molar-refractivity contribution >= 4 is 13.8 Å². The van der Waals surface area contributed by atoms with Gasteiger partial charge in [-0.15, -0.1) is 0 Å². The highest BCUT2D eigenvalue weighted by Crippen LogP contribution is 2.43. The Kier molecular flexibility index (Phi) is 47.7. The monoisotopic (exact) mass is 858 g/mol. The molecule has 0 aromatic rings. The van der Waals surface area contributed by atoms with Gasteiger partial charge in [-0.3, -0.25) is 13.8 Å². The van der Waals surface area contributed by atoms with Crippen LogP contribution in [-0.2, 0) is 27.9 Å². The van der Waals surface area contributed by atoms with Gasteiger partial charge in [0.1, 0.15) is 6.10 Å². The largest absolute Gasteiger partial charge is 0.472 e. The maximum Gasteiger partial charge on any atom is 0.472 e. The van der Waals surface area contributed by atoms with Crippen molar-refractivity contribution in [1.29, 1.82) is 0 Å². The first kappa shape index (κ1) is 58.2. The molecule has 0 spiro atoms. The summed E-state index contributed by atoms with van der Waals surface area (Å²) in [5, 5.41) is 0. The molecule has 352 valence electrons. The first-order valence-corrected chi connectivity index (χ1v) is 27.2. The summed E-state index contributed by atoms with van der Waals surface area (Å²) in [7, 11) is -4.28. The number of hydrogen-bond acceptors (Lipinski definition) is 7. The minimum Gasteiger partial charge on any atom is -0.457 e. The Morgan fingerprint density at radius 1 is 0.492 bits per heavy atom. The van der Waals surface area contributed by atoms with Gasteiger partial charge in [-0.05, 0) is 38.5 Å². The van der Waals surface area contributed by atoms with Crippen molar-refractivity contribution < 1.29 is 32.8 Å². The topological polar surface area (TPSA) is 117 Å². The standard InChI is InChI=1S/C50H100NO7P/c1-3-5-7-9-11-13-15-17-19-21-23-24-25-26-28-30-32-34-36-38-40-42-45-55-47-49(48-57-59(53,54)56-46-44-51)58-50(52)43-41-39-37-35-33-31-29-27-22-20-18-16-14-12-10-8-6-4-2/h20,22,49H,3-19,21,23-48,51H2,1-2H3,(H,53,54)/b22-20-. The molecular weight excluding hydrogens is 758 g/mol. The predicted molar refractivity (Wildman–Crippen MR) is 252 cm³/mol. The van der Waals surface area contributed by atoms with E-state index in [9.17, 15) is 14.3 Å². The van der Waals surface area contributed by atoms with Crippen LogP contribution in [0.5, 0.6) is 0 Å². The summed E-state index contributed by atoms with van der Waals surface area (Å²) in [6.07, 6.45) is 53.9. The summed E-state index contributed by atoms with van der Waals surface area (Å²) in [6.45, 7) is 4.98. The van der Waals surface area contributed by atoms with E-state index in [0.717, 1.165) is 32.1 Å². The normalized spacial score (nSPS) is 13.4. The molecule has 3 N–H and O–H groups in total. The van der Waals surface area contributed by atoms with E-state index in [4.69, 9.17) is 24.3 Å². The molecule has 0 aliphatic carbocycles. The van der Waals surface area contributed by atoms with Crippen LogP contribution in [0.25, 0.3) is 0 Å². The third-order valence-corrected chi connectivity index (χ3v) is 12.4. The van der Waals surface area contributed by atoms with E-state index < -0.39 is 13.9 Å². The molecule has 0 heterocycles. The van der Waals surface area contributed by atoms with Crippen molar-refractivity contribution in [2.45, 2.75) is 270 Å². The van der Waals surface area contributed by atoms with Gasteiger partial charge in [0.25, 0.3) is 0 Å². The maximum absolute atomic E-state index is 12.6. The van der Waals surface area contributed by atoms with Gasteiger partial charge in [0, 0.05) is 19.6 Å². The van der Waals surface area contributed by atoms with Crippen molar-refractivity contribution in [3.05, 3.63) is 12.2 Å². The summed E-state index contributed by atoms with van der Waals surface area (Å²) >= 11 is 0. The zero-order valence-electron chi connectivity index (χ0n) is 39.3. The second kappa shape index (κ2) is 48.3. The number of phosphoric acid groups is 1. The SMILES string of the molecule is CCCCCCCCC/C=C\CCCCCCCCCC(=O)OC(COCCCCCCCCCCCCCCCCCCCCCCCC)COP(=O)(O)OCCN. The molecule has 0 saturated heterocycles. The van der Waals surface area contributed by atoms with Gasteiger partial charge < -0.3 is 20.1 Å². The van der Waals surface area contributed by atoms with Crippen LogP contribution in [0.3, 0.4) is 0 Å². The van der Waals surface area contributed by atoms with Gasteiger partial charge in [-0.2, -0.15) is 0 Å². The Morgan fingerprint density at radius 2 is 0.847 bits per heavy atom. The molecule has 0 aliphatic heterocycles. The molecule has 9 heteroatoms. The summed E-state index contributed by atoms with van der Waals surface area (Å²) in [5.74, 6) is -0.328. The van der Waals surface area contributed by atoms with Crippen LogP contribution in [0.4, 0.5) is 0 Å². The van der Waals surface area contributed by atoms with Crippen LogP contribution in [0.15, 0.2) is 12.2 Å². The fraction of sp³-hybridized carbons (Fsp3) is 0.940. The van der Waals surface area contributed by atoms with E-state index in [1.165, 1.54) is 212 Å². The summed E-state index contributed by atoms with van der Waals surface area (Å²) in [5.41, 5.74) is 5.39. The first-order valence-electron chi connectivity index (χ1n) is 25.7. The lowest BCUT2D eigenvalue weighted by Gasteiger charge is -2.20. The lowest BCUT2D eigenvalue weighted by molar-refractivity contribution is -0.154. The smallest absolute Gasteiger partial charge is 0.457 e. The number of unbranched alkanes of at least 4 members (excludes halogenated alkanes) is 35. The summed E-state index contributed by atoms with van der Waals surface area (Å²) < 4.78 is 33.6. The van der Waals surface area contributed by atoms with Crippen LogP contribution in [0, 0.1) is 0 Å². The lowest BCUT2D eigenvalue weighted by Crippen LogP contribution is -2.28. The van der Waals surface area contributed by atoms with E-state index in [1.807, 2.05) is 0 Å². The van der Waals surface area contributed by atoms with Gasteiger partial charge >= 0.3 is 13.8 Å². The number of hydrogen-bond donors (Lipinski definition) is 2. The molecule has 0 aromatic heterocycles. The molecule has 8 nitrogen and oxygen atoms in total. The van der Waals surface area contributed by atoms with Crippen molar-refractivity contribution in [3.63, 3.8) is 0 Å². The van der Waals surface area contributed by atoms with Gasteiger partial charge in [0.15, 0.2) is 0 Å². The Morgan fingerprint density at radius 3 is 1.24 bits per heavy atom. The molecule has 59 heavy (non-hydrogen) atoms. The number of nitrogens with two attached hydrogens (primary N) is 1. The molecule has 0 fully saturated rings. The van der Waals surface area contributed by atoms with Gasteiger partial charge in [-0.1, -0.05) is 231 Å². The minimum atomic E-state index is -4.28. The average Bonchev–Trinajstić information content (AvgIpc) is 3.23. The number of carbonyl (C=O) groups is 1. The highest BCUT2D eigenvalue weighted by Gasteiger charge is 2.25. The van der Waals surface area contributed by atoms with Crippen molar-refractivity contribution in [2.24, 2.45) is 5.73 Å². The molecule has 0 saturated carbocycles. The van der Waals surface area contributed by atoms with E-state index in [-0.39, 0.29) is 32.3 Å². The van der Waals surface area contributed by atoms with E-state index >= 15 is 0 Å². The summed E-state index contributed by atoms with van der Waals surface area (Å²) in [6, 6.07) is 0. The van der Waals surface area contributed by atoms with E-state index in [0.29, 0.717) is 13.0 Å². The zero-order chi connectivity index (χ0) is 43.0. The third kappa shape index (κ3) is 48.1. The molecule has 0 amide bonds. The van der Waals surface area contributed by atoms with Crippen LogP contribution in [-0.4, -0.2) is 49.9 Å². The number of ether oxygens (including phenoxy) is 2. The number of allylic oxidation sites excluding steroid dienone is 2. The van der Waals surface area contributed by atoms with Crippen LogP contribution in [0.1, 0.15) is 264 Å². The van der Waals surface area contributed by atoms with Crippen LogP contribution < -0.4 is 5.73 Å². The van der Waals surface area contributed by atoms with Gasteiger partial charge in [-0.25, -0.2) is 4.57 Å². The Labute approximate surface area is 366 Å². The second-order valence-electron chi connectivity index (χ2n) is 17.4. The molecule has 0 bridgehead atoms. The molecule has 0 rings (SSSR count). The Balaban J connectivity index is 3.89. The number of phosphoric ester groups is 1. The van der Waals surface area contributed by atoms with Crippen molar-refractivity contribution in [3.8, 4) is 0 Å². The molecular formula is C50H100NO7P. The molecule has 0 aliphatic rings. The van der Waals surface area contributed by atoms with Gasteiger partial charge in [0.05, 0.1) is 19.8 Å². The first-order chi connectivity index (χ1) is 28.9. The predicted octanol–water partition coefficient (Wildman–Crippen LogP) is 15.8. The number of esters is 1. The number of carbonyl (C=O) groups excluding carboxylic acids is 1. The van der Waals surface area contributed by atoms with Crippen LogP contribution >= 0.6 is 7.82 Å². The van der Waals surface area contributed by atoms with Crippen molar-refractivity contribution in [1.82, 2.24) is 0 Å². The van der Waals surface area contributed by atoms with Crippen LogP contribution in [0.2, 0.25) is 0 Å². The highest BCUT2D eigenvalue weighted by molar-refractivity contribution is 7.47. The zero-order valence-corrected chi connectivity index (χ0v) is 40.2. The Hall–Kier alpha value is -0.760. The third-order valence-electron chi connectivity index (χ3n) is 11.4. The fourth-order valence-electron chi connectivity index (χ4n) is 7.64. The average molecular weight is 858 g/mol. The lowest BCUT2D eigenvalue weighted by atomic mass is 10.0. The fourth-order valence-corrected chi connectivity index (χ4v) is 8.41. The second-order valence-corrected chi connectivity index (χ2v) is 18.8. The van der Waals surface area contributed by atoms with Gasteiger partial charge in [0.2, 0.25) is 0 Å².